The van der Waals surface area contributed by atoms with E-state index in [-0.39, 0.29) is 24.0 Å². The second-order valence-electron chi connectivity index (χ2n) is 9.04. The van der Waals surface area contributed by atoms with Gasteiger partial charge in [0.05, 0.1) is 6.10 Å². The third-order valence-electron chi connectivity index (χ3n) is 7.54. The molecule has 1 spiro atoms. The van der Waals surface area contributed by atoms with Crippen molar-refractivity contribution >= 4 is 35.6 Å². The number of fused-ring (bicyclic) bond motifs is 2. The summed E-state index contributed by atoms with van der Waals surface area (Å²) in [5.74, 6) is 1.69. The highest BCUT2D eigenvalue weighted by atomic mass is 127. The number of rotatable bonds is 4. The molecular formula is C23H35IN4O. The SMILES string of the molecule is CCN=C(NC1CCN(c2ccccc2)C1)NC1C2CCOC2C12CCCC2.I. The van der Waals surface area contributed by atoms with Gasteiger partial charge in [-0.3, -0.25) is 4.99 Å². The van der Waals surface area contributed by atoms with Crippen LogP contribution < -0.4 is 15.5 Å². The Bertz CT molecular complexity index is 706. The normalized spacial score (nSPS) is 32.6. The third-order valence-corrected chi connectivity index (χ3v) is 7.54. The van der Waals surface area contributed by atoms with E-state index in [2.05, 4.69) is 52.8 Å². The lowest BCUT2D eigenvalue weighted by atomic mass is 9.54. The molecule has 0 radical (unpaired) electrons. The van der Waals surface area contributed by atoms with E-state index in [1.165, 1.54) is 37.8 Å². The van der Waals surface area contributed by atoms with Crippen LogP contribution >= 0.6 is 24.0 Å². The fourth-order valence-electron chi connectivity index (χ4n) is 6.29. The van der Waals surface area contributed by atoms with Gasteiger partial charge in [0.15, 0.2) is 5.96 Å². The second kappa shape index (κ2) is 9.00. The molecule has 160 valence electrons. The number of aliphatic imine (C=N–C) groups is 1. The lowest BCUT2D eigenvalue weighted by molar-refractivity contribution is -0.125. The van der Waals surface area contributed by atoms with Crippen LogP contribution in [-0.4, -0.2) is 50.4 Å². The molecule has 1 aromatic rings. The van der Waals surface area contributed by atoms with Crippen molar-refractivity contribution in [2.45, 2.75) is 63.6 Å². The predicted octanol–water partition coefficient (Wildman–Crippen LogP) is 3.79. The number of anilines is 1. The number of para-hydroxylation sites is 1. The van der Waals surface area contributed by atoms with E-state index in [0.717, 1.165) is 38.6 Å². The second-order valence-corrected chi connectivity index (χ2v) is 9.04. The topological polar surface area (TPSA) is 48.9 Å². The Morgan fingerprint density at radius 3 is 2.72 bits per heavy atom. The summed E-state index contributed by atoms with van der Waals surface area (Å²) in [7, 11) is 0. The van der Waals surface area contributed by atoms with Gasteiger partial charge in [-0.15, -0.1) is 24.0 Å². The molecule has 4 unspecified atom stereocenters. The lowest BCUT2D eigenvalue weighted by Gasteiger charge is -2.57. The van der Waals surface area contributed by atoms with Crippen LogP contribution in [0.5, 0.6) is 0 Å². The molecule has 5 rings (SSSR count). The maximum atomic E-state index is 6.15. The number of halogens is 1. The number of hydrogen-bond donors (Lipinski definition) is 2. The summed E-state index contributed by atoms with van der Waals surface area (Å²) in [5.41, 5.74) is 1.69. The fraction of sp³-hybridized carbons (Fsp3) is 0.696. The fourth-order valence-corrected chi connectivity index (χ4v) is 6.29. The first-order valence-corrected chi connectivity index (χ1v) is 11.3. The summed E-state index contributed by atoms with van der Waals surface area (Å²) >= 11 is 0. The van der Waals surface area contributed by atoms with Crippen LogP contribution in [0.3, 0.4) is 0 Å². The standard InChI is InChI=1S/C23H34N4O.HI/c1-2-24-22(25-17-10-14-27(16-17)18-8-4-3-5-9-18)26-20-19-11-15-28-21(19)23(20)12-6-7-13-23;/h3-5,8-9,17,19-21H,2,6-7,10-16H2,1H3,(H2,24,25,26);1H. The van der Waals surface area contributed by atoms with Gasteiger partial charge in [0.1, 0.15) is 0 Å². The zero-order valence-electron chi connectivity index (χ0n) is 17.5. The van der Waals surface area contributed by atoms with Crippen LogP contribution in [0.1, 0.15) is 45.4 Å². The van der Waals surface area contributed by atoms with E-state index in [1.54, 1.807) is 0 Å². The number of benzene rings is 1. The average molecular weight is 510 g/mol. The minimum absolute atomic E-state index is 0. The lowest BCUT2D eigenvalue weighted by Crippen LogP contribution is -2.69. The highest BCUT2D eigenvalue weighted by Crippen LogP contribution is 2.60. The maximum absolute atomic E-state index is 6.15. The number of hydrogen-bond acceptors (Lipinski definition) is 3. The summed E-state index contributed by atoms with van der Waals surface area (Å²) in [6, 6.07) is 11.7. The predicted molar refractivity (Wildman–Crippen MR) is 129 cm³/mol. The Labute approximate surface area is 192 Å². The molecule has 2 saturated carbocycles. The first-order valence-electron chi connectivity index (χ1n) is 11.3. The number of guanidine groups is 1. The monoisotopic (exact) mass is 510 g/mol. The zero-order valence-corrected chi connectivity index (χ0v) is 19.8. The van der Waals surface area contributed by atoms with E-state index < -0.39 is 0 Å². The molecule has 2 N–H and O–H groups in total. The molecule has 2 saturated heterocycles. The number of nitrogens with one attached hydrogen (secondary N) is 2. The highest BCUT2D eigenvalue weighted by molar-refractivity contribution is 14.0. The van der Waals surface area contributed by atoms with Gasteiger partial charge in [0.25, 0.3) is 0 Å². The molecule has 6 heteroatoms. The van der Waals surface area contributed by atoms with Crippen molar-refractivity contribution in [2.75, 3.05) is 31.1 Å². The number of ether oxygens (including phenoxy) is 1. The molecule has 1 aromatic carbocycles. The Morgan fingerprint density at radius 1 is 1.17 bits per heavy atom. The molecule has 0 aromatic heterocycles. The molecule has 29 heavy (non-hydrogen) atoms. The Morgan fingerprint density at radius 2 is 1.97 bits per heavy atom. The average Bonchev–Trinajstić information content (AvgIpc) is 3.46. The first kappa shape index (κ1) is 21.2. The summed E-state index contributed by atoms with van der Waals surface area (Å²) in [4.78, 5) is 7.29. The van der Waals surface area contributed by atoms with Gasteiger partial charge in [-0.25, -0.2) is 0 Å². The molecule has 4 fully saturated rings. The van der Waals surface area contributed by atoms with Crippen molar-refractivity contribution in [3.05, 3.63) is 30.3 Å². The maximum Gasteiger partial charge on any atom is 0.191 e. The van der Waals surface area contributed by atoms with Crippen molar-refractivity contribution in [3.8, 4) is 0 Å². The third kappa shape index (κ3) is 3.87. The van der Waals surface area contributed by atoms with E-state index in [1.807, 2.05) is 0 Å². The highest BCUT2D eigenvalue weighted by Gasteiger charge is 2.65. The summed E-state index contributed by atoms with van der Waals surface area (Å²) in [5, 5.41) is 7.64. The van der Waals surface area contributed by atoms with E-state index in [4.69, 9.17) is 9.73 Å². The van der Waals surface area contributed by atoms with Crippen LogP contribution in [0, 0.1) is 11.3 Å². The van der Waals surface area contributed by atoms with Gasteiger partial charge in [-0.05, 0) is 44.7 Å². The molecule has 5 nitrogen and oxygen atoms in total. The van der Waals surface area contributed by atoms with Gasteiger partial charge in [-0.2, -0.15) is 0 Å². The largest absolute Gasteiger partial charge is 0.377 e. The summed E-state index contributed by atoms with van der Waals surface area (Å²) in [6.07, 6.45) is 8.20. The van der Waals surface area contributed by atoms with E-state index in [9.17, 15) is 0 Å². The Hall–Kier alpha value is -1.02. The van der Waals surface area contributed by atoms with Crippen LogP contribution in [0.15, 0.2) is 35.3 Å². The van der Waals surface area contributed by atoms with Gasteiger partial charge >= 0.3 is 0 Å². The first-order chi connectivity index (χ1) is 13.8. The van der Waals surface area contributed by atoms with Crippen molar-refractivity contribution in [1.82, 2.24) is 10.6 Å². The molecule has 4 aliphatic rings. The molecule has 2 aliphatic carbocycles. The minimum Gasteiger partial charge on any atom is -0.377 e. The summed E-state index contributed by atoms with van der Waals surface area (Å²) < 4.78 is 6.15. The number of nitrogens with zero attached hydrogens (tertiary/aromatic N) is 2. The molecule has 0 bridgehead atoms. The summed E-state index contributed by atoms with van der Waals surface area (Å²) in [6.45, 7) is 6.03. The van der Waals surface area contributed by atoms with Crippen LogP contribution in [0.25, 0.3) is 0 Å². The van der Waals surface area contributed by atoms with E-state index >= 15 is 0 Å². The zero-order chi connectivity index (χ0) is 19.0. The Balaban J connectivity index is 0.00000205. The molecule has 2 heterocycles. The Kier molecular flexibility index (Phi) is 6.59. The van der Waals surface area contributed by atoms with Crippen LogP contribution in [0.4, 0.5) is 5.69 Å². The van der Waals surface area contributed by atoms with Gasteiger partial charge in [0, 0.05) is 55.3 Å². The quantitative estimate of drug-likeness (QED) is 0.368. The van der Waals surface area contributed by atoms with Crippen LogP contribution in [-0.2, 0) is 4.74 Å². The van der Waals surface area contributed by atoms with Gasteiger partial charge in [0.2, 0.25) is 0 Å². The van der Waals surface area contributed by atoms with E-state index in [0.29, 0.717) is 29.5 Å². The molecule has 0 amide bonds. The van der Waals surface area contributed by atoms with Crippen molar-refractivity contribution < 1.29 is 4.74 Å². The minimum atomic E-state index is 0. The smallest absolute Gasteiger partial charge is 0.191 e. The van der Waals surface area contributed by atoms with Gasteiger partial charge in [-0.1, -0.05) is 31.0 Å². The van der Waals surface area contributed by atoms with Gasteiger partial charge < -0.3 is 20.3 Å². The van der Waals surface area contributed by atoms with Crippen molar-refractivity contribution in [3.63, 3.8) is 0 Å². The molecule has 2 aliphatic heterocycles. The molecular weight excluding hydrogens is 475 g/mol. The van der Waals surface area contributed by atoms with Crippen molar-refractivity contribution in [2.24, 2.45) is 16.3 Å². The van der Waals surface area contributed by atoms with Crippen molar-refractivity contribution in [1.29, 1.82) is 0 Å². The van der Waals surface area contributed by atoms with Crippen LogP contribution in [0.2, 0.25) is 0 Å². The molecule has 4 atom stereocenters.